The molecule has 1 aliphatic rings. The lowest BCUT2D eigenvalue weighted by molar-refractivity contribution is 0.776. The zero-order valence-corrected chi connectivity index (χ0v) is 17.9. The third kappa shape index (κ3) is 2.27. The van der Waals surface area contributed by atoms with Crippen LogP contribution in [0.5, 0.6) is 0 Å². The van der Waals surface area contributed by atoms with Crippen molar-refractivity contribution in [2.24, 2.45) is 0 Å². The fraction of sp³-hybridized carbons (Fsp3) is 0.0345. The molecule has 0 saturated heterocycles. The molecule has 0 aromatic heterocycles. The highest BCUT2D eigenvalue weighted by molar-refractivity contribution is 9.10. The SMILES string of the molecule is Brc1ccc(C2(c3ccccc3)c3ccccc3-c3ccccc32)c2ccccc12. The van der Waals surface area contributed by atoms with E-state index < -0.39 is 0 Å². The lowest BCUT2D eigenvalue weighted by atomic mass is 9.66. The lowest BCUT2D eigenvalue weighted by Gasteiger charge is -2.35. The summed E-state index contributed by atoms with van der Waals surface area (Å²) in [5, 5.41) is 2.52. The van der Waals surface area contributed by atoms with Crippen molar-refractivity contribution in [3.63, 3.8) is 0 Å². The van der Waals surface area contributed by atoms with E-state index in [0.717, 1.165) is 4.47 Å². The van der Waals surface area contributed by atoms with Gasteiger partial charge in [0.1, 0.15) is 0 Å². The minimum absolute atomic E-state index is 0.352. The largest absolute Gasteiger partial charge is 0.0719 e. The molecule has 0 aliphatic heterocycles. The molecule has 6 rings (SSSR count). The fourth-order valence-electron chi connectivity index (χ4n) is 5.27. The monoisotopic (exact) mass is 446 g/mol. The summed E-state index contributed by atoms with van der Waals surface area (Å²) < 4.78 is 1.13. The Kier molecular flexibility index (Phi) is 3.94. The zero-order chi connectivity index (χ0) is 20.1. The van der Waals surface area contributed by atoms with E-state index in [1.807, 2.05) is 0 Å². The maximum absolute atomic E-state index is 3.78. The van der Waals surface area contributed by atoms with Crippen LogP contribution in [-0.2, 0) is 5.41 Å². The van der Waals surface area contributed by atoms with Crippen molar-refractivity contribution in [1.82, 2.24) is 0 Å². The van der Waals surface area contributed by atoms with Gasteiger partial charge < -0.3 is 0 Å². The van der Waals surface area contributed by atoms with Crippen molar-refractivity contribution in [1.29, 1.82) is 0 Å². The molecule has 5 aromatic rings. The van der Waals surface area contributed by atoms with Gasteiger partial charge in [0.25, 0.3) is 0 Å². The molecule has 0 bridgehead atoms. The van der Waals surface area contributed by atoms with Crippen molar-refractivity contribution in [2.75, 3.05) is 0 Å². The van der Waals surface area contributed by atoms with E-state index in [9.17, 15) is 0 Å². The van der Waals surface area contributed by atoms with Crippen LogP contribution in [-0.4, -0.2) is 0 Å². The highest BCUT2D eigenvalue weighted by Crippen LogP contribution is 2.57. The Hall–Kier alpha value is -3.16. The predicted molar refractivity (Wildman–Crippen MR) is 129 cm³/mol. The van der Waals surface area contributed by atoms with Gasteiger partial charge in [0.2, 0.25) is 0 Å². The lowest BCUT2D eigenvalue weighted by Crippen LogP contribution is -2.28. The van der Waals surface area contributed by atoms with E-state index in [-0.39, 0.29) is 5.41 Å². The van der Waals surface area contributed by atoms with Crippen LogP contribution in [0.4, 0.5) is 0 Å². The molecule has 0 saturated carbocycles. The highest BCUT2D eigenvalue weighted by Gasteiger charge is 2.46. The Morgan fingerprint density at radius 3 is 1.63 bits per heavy atom. The molecule has 0 heterocycles. The molecular weight excluding hydrogens is 428 g/mol. The van der Waals surface area contributed by atoms with Crippen molar-refractivity contribution in [3.05, 3.63) is 142 Å². The molecule has 142 valence electrons. The number of rotatable bonds is 2. The van der Waals surface area contributed by atoms with Gasteiger partial charge in [-0.1, -0.05) is 125 Å². The van der Waals surface area contributed by atoms with E-state index in [1.54, 1.807) is 0 Å². The molecule has 0 unspecified atom stereocenters. The van der Waals surface area contributed by atoms with Gasteiger partial charge in [-0.2, -0.15) is 0 Å². The third-order valence-electron chi connectivity index (χ3n) is 6.43. The first-order valence-electron chi connectivity index (χ1n) is 10.2. The molecule has 0 amide bonds. The second-order valence-corrected chi connectivity index (χ2v) is 8.70. The van der Waals surface area contributed by atoms with Crippen LogP contribution in [0, 0.1) is 0 Å². The Morgan fingerprint density at radius 2 is 0.967 bits per heavy atom. The maximum atomic E-state index is 3.78. The molecule has 30 heavy (non-hydrogen) atoms. The molecule has 1 aliphatic carbocycles. The summed E-state index contributed by atoms with van der Waals surface area (Å²) in [6, 6.07) is 41.9. The third-order valence-corrected chi connectivity index (χ3v) is 7.13. The van der Waals surface area contributed by atoms with Crippen LogP contribution in [0.1, 0.15) is 22.3 Å². The van der Waals surface area contributed by atoms with Gasteiger partial charge in [0.15, 0.2) is 0 Å². The van der Waals surface area contributed by atoms with E-state index in [0.29, 0.717) is 0 Å². The quantitative estimate of drug-likeness (QED) is 0.253. The Bertz CT molecular complexity index is 1350. The van der Waals surface area contributed by atoms with Crippen molar-refractivity contribution in [3.8, 4) is 11.1 Å². The fourth-order valence-corrected chi connectivity index (χ4v) is 5.75. The number of fused-ring (bicyclic) bond motifs is 4. The van der Waals surface area contributed by atoms with Crippen LogP contribution < -0.4 is 0 Å². The van der Waals surface area contributed by atoms with Crippen molar-refractivity contribution in [2.45, 2.75) is 5.41 Å². The van der Waals surface area contributed by atoms with Crippen molar-refractivity contribution >= 4 is 26.7 Å². The van der Waals surface area contributed by atoms with Gasteiger partial charge in [0, 0.05) is 4.47 Å². The van der Waals surface area contributed by atoms with Crippen LogP contribution >= 0.6 is 15.9 Å². The first-order valence-corrected chi connectivity index (χ1v) is 11.0. The smallest absolute Gasteiger partial charge is 0.0622 e. The van der Waals surface area contributed by atoms with E-state index in [4.69, 9.17) is 0 Å². The van der Waals surface area contributed by atoms with E-state index in [1.165, 1.54) is 44.2 Å². The Labute approximate surface area is 185 Å². The normalized spacial score (nSPS) is 13.8. The number of hydrogen-bond donors (Lipinski definition) is 0. The van der Waals surface area contributed by atoms with Gasteiger partial charge in [-0.3, -0.25) is 0 Å². The van der Waals surface area contributed by atoms with Gasteiger partial charge in [-0.25, -0.2) is 0 Å². The van der Waals surface area contributed by atoms with Gasteiger partial charge in [-0.05, 0) is 50.2 Å². The molecule has 0 spiro atoms. The first-order chi connectivity index (χ1) is 14.8. The molecule has 0 fully saturated rings. The van der Waals surface area contributed by atoms with Crippen LogP contribution in [0.3, 0.4) is 0 Å². The predicted octanol–water partition coefficient (Wildman–Crippen LogP) is 7.97. The minimum atomic E-state index is -0.352. The number of hydrogen-bond acceptors (Lipinski definition) is 0. The van der Waals surface area contributed by atoms with Crippen LogP contribution in [0.2, 0.25) is 0 Å². The Balaban J connectivity index is 1.86. The number of benzene rings is 5. The van der Waals surface area contributed by atoms with E-state index >= 15 is 0 Å². The molecular formula is C29H19Br. The van der Waals surface area contributed by atoms with Crippen LogP contribution in [0.15, 0.2) is 120 Å². The average molecular weight is 447 g/mol. The molecule has 0 N–H and O–H groups in total. The summed E-state index contributed by atoms with van der Waals surface area (Å²) in [6.07, 6.45) is 0. The standard InChI is InChI=1S/C29H19Br/c30-28-19-18-27(23-14-4-5-15-24(23)28)29(20-10-2-1-3-11-20)25-16-8-6-12-21(25)22-13-7-9-17-26(22)29/h1-19H. The first kappa shape index (κ1) is 17.7. The molecule has 5 aromatic carbocycles. The summed E-state index contributed by atoms with van der Waals surface area (Å²) in [6.45, 7) is 0. The minimum Gasteiger partial charge on any atom is -0.0622 e. The molecule has 1 heteroatoms. The maximum Gasteiger partial charge on any atom is 0.0719 e. The second-order valence-electron chi connectivity index (χ2n) is 7.85. The highest BCUT2D eigenvalue weighted by atomic mass is 79.9. The number of halogens is 1. The summed E-state index contributed by atoms with van der Waals surface area (Å²) in [5.41, 5.74) is 7.62. The summed E-state index contributed by atoms with van der Waals surface area (Å²) >= 11 is 3.78. The van der Waals surface area contributed by atoms with Gasteiger partial charge in [0.05, 0.1) is 5.41 Å². The van der Waals surface area contributed by atoms with E-state index in [2.05, 4.69) is 131 Å². The summed E-state index contributed by atoms with van der Waals surface area (Å²) in [5.74, 6) is 0. The second kappa shape index (κ2) is 6.68. The summed E-state index contributed by atoms with van der Waals surface area (Å²) in [4.78, 5) is 0. The topological polar surface area (TPSA) is 0 Å². The van der Waals surface area contributed by atoms with Crippen LogP contribution in [0.25, 0.3) is 21.9 Å². The molecule has 0 radical (unpaired) electrons. The van der Waals surface area contributed by atoms with Gasteiger partial charge >= 0.3 is 0 Å². The van der Waals surface area contributed by atoms with Crippen molar-refractivity contribution < 1.29 is 0 Å². The average Bonchev–Trinajstić information content (AvgIpc) is 3.12. The molecule has 0 atom stereocenters. The summed E-state index contributed by atoms with van der Waals surface area (Å²) in [7, 11) is 0. The van der Waals surface area contributed by atoms with Gasteiger partial charge in [-0.15, -0.1) is 0 Å². The Morgan fingerprint density at radius 1 is 0.433 bits per heavy atom. The zero-order valence-electron chi connectivity index (χ0n) is 16.3. The molecule has 0 nitrogen and oxygen atoms in total.